The minimum atomic E-state index is -0.00288. The zero-order chi connectivity index (χ0) is 39.0. The molecule has 0 spiro atoms. The second-order valence-electron chi connectivity index (χ2n) is 16.8. The van der Waals surface area contributed by atoms with E-state index >= 15 is 0 Å². The predicted octanol–water partition coefficient (Wildman–Crippen LogP) is 13.9. The summed E-state index contributed by atoms with van der Waals surface area (Å²) in [7, 11) is 8.82. The van der Waals surface area contributed by atoms with Gasteiger partial charge in [-0.25, -0.2) is 0 Å². The van der Waals surface area contributed by atoms with E-state index in [2.05, 4.69) is 126 Å². The summed E-state index contributed by atoms with van der Waals surface area (Å²) in [6.45, 7) is 12.9. The van der Waals surface area contributed by atoms with Crippen LogP contribution in [0, 0.1) is 11.8 Å². The van der Waals surface area contributed by atoms with Crippen LogP contribution in [0.3, 0.4) is 0 Å². The summed E-state index contributed by atoms with van der Waals surface area (Å²) in [4.78, 5) is 5.98. The van der Waals surface area contributed by atoms with E-state index in [4.69, 9.17) is 9.47 Å². The molecule has 2 aromatic heterocycles. The van der Waals surface area contributed by atoms with E-state index in [1.165, 1.54) is 104 Å². The lowest BCUT2D eigenvalue weighted by Crippen LogP contribution is -2.28. The third-order valence-corrected chi connectivity index (χ3v) is 14.4. The van der Waals surface area contributed by atoms with Gasteiger partial charge in [-0.1, -0.05) is 103 Å². The molecule has 0 saturated carbocycles. The number of hydrogen-bond donors (Lipinski definition) is 0. The highest BCUT2D eigenvalue weighted by Gasteiger charge is 2.42. The van der Waals surface area contributed by atoms with Gasteiger partial charge in [0.25, 0.3) is 0 Å². The van der Waals surface area contributed by atoms with Crippen LogP contribution in [0.5, 0.6) is 11.5 Å². The summed E-state index contributed by atoms with van der Waals surface area (Å²) in [5, 5.41) is 4.64. The molecule has 5 aromatic rings. The van der Waals surface area contributed by atoms with Crippen molar-refractivity contribution in [3.8, 4) is 33.1 Å². The number of rotatable bonds is 23. The van der Waals surface area contributed by atoms with Gasteiger partial charge in [-0.3, -0.25) is 0 Å². The van der Waals surface area contributed by atoms with Crippen molar-refractivity contribution >= 4 is 42.8 Å². The molecule has 0 amide bonds. The van der Waals surface area contributed by atoms with E-state index in [-0.39, 0.29) is 5.41 Å². The maximum Gasteiger partial charge on any atom is 0.146 e. The molecule has 1 aliphatic carbocycles. The fraction of sp³-hybridized carbons (Fsp3) is 0.551. The van der Waals surface area contributed by atoms with Gasteiger partial charge in [0.05, 0.1) is 22.6 Å². The van der Waals surface area contributed by atoms with Gasteiger partial charge < -0.3 is 19.3 Å². The van der Waals surface area contributed by atoms with Crippen LogP contribution in [-0.2, 0) is 5.41 Å². The highest BCUT2D eigenvalue weighted by atomic mass is 32.1. The Morgan fingerprint density at radius 3 is 1.84 bits per heavy atom. The van der Waals surface area contributed by atoms with Gasteiger partial charge in [0.2, 0.25) is 0 Å². The highest BCUT2D eigenvalue weighted by Crippen LogP contribution is 2.56. The van der Waals surface area contributed by atoms with Crippen LogP contribution in [0.25, 0.3) is 41.7 Å². The highest BCUT2D eigenvalue weighted by molar-refractivity contribution is 7.23. The van der Waals surface area contributed by atoms with Gasteiger partial charge in [-0.15, -0.1) is 22.7 Å². The molecule has 0 aliphatic heterocycles. The lowest BCUT2D eigenvalue weighted by atomic mass is 9.71. The average molecular weight is 781 g/mol. The molecule has 6 heteroatoms. The molecular formula is C49H68N2O2S2. The van der Waals surface area contributed by atoms with E-state index in [9.17, 15) is 0 Å². The average Bonchev–Trinajstić information content (AvgIpc) is 3.91. The van der Waals surface area contributed by atoms with Crippen molar-refractivity contribution in [3.63, 3.8) is 0 Å². The molecule has 1 aliphatic rings. The molecule has 0 N–H and O–H groups in total. The second-order valence-corrected chi connectivity index (χ2v) is 18.8. The van der Waals surface area contributed by atoms with Gasteiger partial charge >= 0.3 is 0 Å². The Morgan fingerprint density at radius 2 is 1.24 bits per heavy atom. The van der Waals surface area contributed by atoms with E-state index < -0.39 is 0 Å². The minimum absolute atomic E-state index is 0.00288. The van der Waals surface area contributed by atoms with Crippen LogP contribution in [0.2, 0.25) is 0 Å². The lowest BCUT2D eigenvalue weighted by Gasteiger charge is -2.33. The maximum absolute atomic E-state index is 6.98. The summed E-state index contributed by atoms with van der Waals surface area (Å²) in [6.07, 6.45) is 14.3. The lowest BCUT2D eigenvalue weighted by molar-refractivity contribution is 0.235. The predicted molar refractivity (Wildman–Crippen MR) is 242 cm³/mol. The third kappa shape index (κ3) is 9.30. The Kier molecular flexibility index (Phi) is 14.8. The quantitative estimate of drug-likeness (QED) is 0.0659. The molecule has 3 aromatic carbocycles. The maximum atomic E-state index is 6.98. The van der Waals surface area contributed by atoms with Gasteiger partial charge in [0.1, 0.15) is 11.5 Å². The first-order valence-electron chi connectivity index (χ1n) is 21.5. The van der Waals surface area contributed by atoms with Crippen molar-refractivity contribution in [1.82, 2.24) is 9.80 Å². The van der Waals surface area contributed by atoms with Gasteiger partial charge in [0, 0.05) is 21.1 Å². The van der Waals surface area contributed by atoms with Crippen molar-refractivity contribution in [3.05, 3.63) is 71.1 Å². The van der Waals surface area contributed by atoms with Gasteiger partial charge in [-0.2, -0.15) is 0 Å². The number of nitrogens with zero attached hydrogens (tertiary/aromatic N) is 2. The Morgan fingerprint density at radius 1 is 0.636 bits per heavy atom. The van der Waals surface area contributed by atoms with Crippen LogP contribution in [0.15, 0.2) is 60.0 Å². The van der Waals surface area contributed by atoms with Crippen molar-refractivity contribution in [2.45, 2.75) is 110 Å². The number of unbranched alkanes of at least 4 members (excludes halogenated alkanes) is 2. The molecule has 4 nitrogen and oxygen atoms in total. The van der Waals surface area contributed by atoms with Crippen molar-refractivity contribution in [1.29, 1.82) is 0 Å². The SMILES string of the molecule is CCCCC(CC)COc1c2cc(-c3ccc4c(c3)C(CCCN(C)C)(CCCN(C)C)c3ccccc3-4)sc2c(OCC(CC)CCCC)c2ccsc12. The zero-order valence-electron chi connectivity index (χ0n) is 35.3. The molecule has 55 heavy (non-hydrogen) atoms. The Hall–Kier alpha value is -2.90. The normalized spacial score (nSPS) is 14.6. The summed E-state index contributed by atoms with van der Waals surface area (Å²) >= 11 is 3.70. The number of fused-ring (bicyclic) bond motifs is 5. The molecule has 0 saturated heterocycles. The van der Waals surface area contributed by atoms with E-state index in [1.54, 1.807) is 11.3 Å². The molecule has 2 heterocycles. The largest absolute Gasteiger partial charge is 0.491 e. The van der Waals surface area contributed by atoms with Crippen LogP contribution in [0.4, 0.5) is 0 Å². The molecule has 0 bridgehead atoms. The van der Waals surface area contributed by atoms with Crippen molar-refractivity contribution in [2.75, 3.05) is 54.5 Å². The fourth-order valence-electron chi connectivity index (χ4n) is 8.93. The number of thiophene rings is 2. The van der Waals surface area contributed by atoms with E-state index in [1.807, 2.05) is 11.3 Å². The minimum Gasteiger partial charge on any atom is -0.491 e. The molecule has 298 valence electrons. The summed E-state index contributed by atoms with van der Waals surface area (Å²) in [5.74, 6) is 3.24. The van der Waals surface area contributed by atoms with Crippen LogP contribution in [0.1, 0.15) is 116 Å². The smallest absolute Gasteiger partial charge is 0.146 e. The summed E-state index contributed by atoms with van der Waals surface area (Å²) < 4.78 is 16.4. The number of hydrogen-bond acceptors (Lipinski definition) is 6. The monoisotopic (exact) mass is 780 g/mol. The molecule has 6 rings (SSSR count). The summed E-state index contributed by atoms with van der Waals surface area (Å²) in [5.41, 5.74) is 7.17. The standard InChI is InChI=1S/C49H68N2O2S2/c1-9-13-19-35(11-3)33-52-45-40-25-30-54-47(40)46(53-34-36(12-4)20-14-10-2)41-32-44(55-48(41)45)37-23-24-39-38-21-15-16-22-42(38)49(43(39)31-37,26-17-28-50(5)6)27-18-29-51(7)8/h15-16,21-25,30-32,35-36H,9-14,17-20,26-29,33-34H2,1-8H3. The third-order valence-electron chi connectivity index (χ3n) is 12.3. The Bertz CT molecular complexity index is 1890. The Labute approximate surface area is 341 Å². The van der Waals surface area contributed by atoms with E-state index in [0.29, 0.717) is 11.8 Å². The van der Waals surface area contributed by atoms with Crippen LogP contribution in [-0.4, -0.2) is 64.3 Å². The first-order valence-corrected chi connectivity index (χ1v) is 23.2. The molecule has 2 unspecified atom stereocenters. The second kappa shape index (κ2) is 19.5. The Balaban J connectivity index is 1.47. The van der Waals surface area contributed by atoms with Crippen molar-refractivity contribution < 1.29 is 9.47 Å². The van der Waals surface area contributed by atoms with Gasteiger partial charge in [-0.05, 0) is 143 Å². The topological polar surface area (TPSA) is 24.9 Å². The molecular weight excluding hydrogens is 713 g/mol. The molecule has 0 fully saturated rings. The van der Waals surface area contributed by atoms with Gasteiger partial charge in [0.15, 0.2) is 0 Å². The first kappa shape index (κ1) is 41.7. The van der Waals surface area contributed by atoms with Crippen molar-refractivity contribution in [2.24, 2.45) is 11.8 Å². The van der Waals surface area contributed by atoms with E-state index in [0.717, 1.165) is 63.5 Å². The zero-order valence-corrected chi connectivity index (χ0v) is 36.9. The van der Waals surface area contributed by atoms with Crippen LogP contribution >= 0.6 is 22.7 Å². The summed E-state index contributed by atoms with van der Waals surface area (Å²) in [6, 6.07) is 21.4. The molecule has 0 radical (unpaired) electrons. The number of ether oxygens (including phenoxy) is 2. The fourth-order valence-corrected chi connectivity index (χ4v) is 11.0. The van der Waals surface area contributed by atoms with Crippen LogP contribution < -0.4 is 9.47 Å². The molecule has 2 atom stereocenters. The number of benzene rings is 3. The first-order chi connectivity index (χ1) is 26.7.